The number of benzene rings is 2. The predicted octanol–water partition coefficient (Wildman–Crippen LogP) is 4.50. The molecule has 110 valence electrons. The van der Waals surface area contributed by atoms with Crippen molar-refractivity contribution in [1.82, 2.24) is 0 Å². The van der Waals surface area contributed by atoms with Crippen LogP contribution in [0.4, 0.5) is 8.78 Å². The molecule has 0 atom stereocenters. The van der Waals surface area contributed by atoms with Crippen molar-refractivity contribution in [3.63, 3.8) is 0 Å². The Balaban J connectivity index is 2.29. The summed E-state index contributed by atoms with van der Waals surface area (Å²) in [5, 5.41) is 19.7. The molecular weight excluding hydrogens is 274 g/mol. The van der Waals surface area contributed by atoms with E-state index < -0.39 is 11.6 Å². The highest BCUT2D eigenvalue weighted by molar-refractivity contribution is 5.71. The van der Waals surface area contributed by atoms with Crippen molar-refractivity contribution in [1.29, 1.82) is 0 Å². The zero-order valence-electron chi connectivity index (χ0n) is 11.6. The van der Waals surface area contributed by atoms with Crippen LogP contribution in [0.25, 0.3) is 12.2 Å². The molecule has 0 saturated carbocycles. The first-order valence-electron chi connectivity index (χ1n) is 6.69. The average molecular weight is 290 g/mol. The number of aromatic hydroxyl groups is 2. The van der Waals surface area contributed by atoms with Gasteiger partial charge in [0.2, 0.25) is 0 Å². The van der Waals surface area contributed by atoms with E-state index >= 15 is 0 Å². The molecule has 2 N–H and O–H groups in total. The molecule has 0 aliphatic carbocycles. The molecule has 0 amide bonds. The zero-order chi connectivity index (χ0) is 15.4. The molecule has 0 fully saturated rings. The first-order valence-corrected chi connectivity index (χ1v) is 6.69. The Morgan fingerprint density at radius 3 is 2.24 bits per heavy atom. The van der Waals surface area contributed by atoms with Crippen molar-refractivity contribution in [2.24, 2.45) is 0 Å². The first kappa shape index (κ1) is 15.0. The normalized spacial score (nSPS) is 11.2. The number of rotatable bonds is 4. The Kier molecular flexibility index (Phi) is 4.58. The van der Waals surface area contributed by atoms with E-state index in [2.05, 4.69) is 0 Å². The van der Waals surface area contributed by atoms with Crippen LogP contribution in [0.3, 0.4) is 0 Å². The quantitative estimate of drug-likeness (QED) is 0.814. The zero-order valence-corrected chi connectivity index (χ0v) is 11.6. The third-order valence-corrected chi connectivity index (χ3v) is 3.14. The molecule has 2 rings (SSSR count). The van der Waals surface area contributed by atoms with Crippen LogP contribution in [-0.4, -0.2) is 10.2 Å². The van der Waals surface area contributed by atoms with Crippen molar-refractivity contribution in [3.05, 3.63) is 58.7 Å². The van der Waals surface area contributed by atoms with Gasteiger partial charge in [0, 0.05) is 17.2 Å². The smallest absolute Gasteiger partial charge is 0.133 e. The maximum atomic E-state index is 13.5. The third kappa shape index (κ3) is 3.60. The Morgan fingerprint density at radius 1 is 1.00 bits per heavy atom. The number of halogens is 2. The van der Waals surface area contributed by atoms with E-state index in [9.17, 15) is 19.0 Å². The maximum Gasteiger partial charge on any atom is 0.133 e. The van der Waals surface area contributed by atoms with E-state index in [1.165, 1.54) is 30.3 Å². The summed E-state index contributed by atoms with van der Waals surface area (Å²) in [5.41, 5.74) is 1.27. The molecule has 2 aromatic carbocycles. The summed E-state index contributed by atoms with van der Waals surface area (Å²) >= 11 is 0. The second-order valence-electron chi connectivity index (χ2n) is 4.79. The Hall–Kier alpha value is -2.36. The second kappa shape index (κ2) is 6.39. The molecule has 0 radical (unpaired) electrons. The molecular formula is C17H16F2O2. The molecule has 0 saturated heterocycles. The number of phenols is 2. The van der Waals surface area contributed by atoms with Crippen LogP contribution in [0.5, 0.6) is 11.5 Å². The maximum absolute atomic E-state index is 13.5. The highest BCUT2D eigenvalue weighted by Crippen LogP contribution is 2.30. The van der Waals surface area contributed by atoms with Crippen LogP contribution in [0.2, 0.25) is 0 Å². The Labute approximate surface area is 122 Å². The predicted molar refractivity (Wildman–Crippen MR) is 79.1 cm³/mol. The molecule has 2 nitrogen and oxygen atoms in total. The molecule has 0 heterocycles. The average Bonchev–Trinajstić information content (AvgIpc) is 2.42. The Bertz CT molecular complexity index is 655. The van der Waals surface area contributed by atoms with Crippen molar-refractivity contribution < 1.29 is 19.0 Å². The summed E-state index contributed by atoms with van der Waals surface area (Å²) in [6.45, 7) is 1.95. The van der Waals surface area contributed by atoms with Crippen molar-refractivity contribution in [3.8, 4) is 11.5 Å². The van der Waals surface area contributed by atoms with Gasteiger partial charge in [-0.15, -0.1) is 0 Å². The summed E-state index contributed by atoms with van der Waals surface area (Å²) in [6, 6.07) is 6.30. The van der Waals surface area contributed by atoms with Gasteiger partial charge in [-0.3, -0.25) is 0 Å². The lowest BCUT2D eigenvalue weighted by atomic mass is 10.0. The van der Waals surface area contributed by atoms with Gasteiger partial charge in [-0.25, -0.2) is 8.78 Å². The van der Waals surface area contributed by atoms with Gasteiger partial charge in [0.1, 0.15) is 23.1 Å². The molecule has 0 aliphatic rings. The monoisotopic (exact) mass is 290 g/mol. The van der Waals surface area contributed by atoms with Gasteiger partial charge in [-0.05, 0) is 36.2 Å². The molecule has 0 unspecified atom stereocenters. The summed E-state index contributed by atoms with van der Waals surface area (Å²) in [6.07, 6.45) is 4.39. The second-order valence-corrected chi connectivity index (χ2v) is 4.79. The van der Waals surface area contributed by atoms with Crippen LogP contribution in [0, 0.1) is 11.6 Å². The fourth-order valence-corrected chi connectivity index (χ4v) is 2.09. The van der Waals surface area contributed by atoms with E-state index in [-0.39, 0.29) is 17.1 Å². The largest absolute Gasteiger partial charge is 0.508 e. The van der Waals surface area contributed by atoms with Gasteiger partial charge in [-0.2, -0.15) is 0 Å². The highest BCUT2D eigenvalue weighted by Gasteiger charge is 2.08. The van der Waals surface area contributed by atoms with Gasteiger partial charge in [0.25, 0.3) is 0 Å². The van der Waals surface area contributed by atoms with Crippen LogP contribution >= 0.6 is 0 Å². The third-order valence-electron chi connectivity index (χ3n) is 3.14. The van der Waals surface area contributed by atoms with E-state index in [0.717, 1.165) is 12.5 Å². The van der Waals surface area contributed by atoms with Crippen LogP contribution in [0.15, 0.2) is 30.3 Å². The summed E-state index contributed by atoms with van der Waals surface area (Å²) in [7, 11) is 0. The lowest BCUT2D eigenvalue weighted by Crippen LogP contribution is -1.87. The standard InChI is InChI=1S/C17H16F2O2/c1-2-3-14-16(20)8-11(9-17(14)21)4-5-12-6-7-13(18)10-15(12)19/h4-10,20-21H,2-3H2,1H3/b5-4-. The fourth-order valence-electron chi connectivity index (χ4n) is 2.09. The van der Waals surface area contributed by atoms with Crippen molar-refractivity contribution in [2.45, 2.75) is 19.8 Å². The number of hydrogen-bond donors (Lipinski definition) is 2. The van der Waals surface area contributed by atoms with E-state index in [1.54, 1.807) is 6.08 Å². The molecule has 0 bridgehead atoms. The van der Waals surface area contributed by atoms with Crippen molar-refractivity contribution in [2.75, 3.05) is 0 Å². The minimum atomic E-state index is -0.665. The minimum Gasteiger partial charge on any atom is -0.508 e. The molecule has 4 heteroatoms. The molecule has 2 aromatic rings. The summed E-state index contributed by atoms with van der Waals surface area (Å²) in [5.74, 6) is -1.28. The van der Waals surface area contributed by atoms with Gasteiger partial charge in [0.15, 0.2) is 0 Å². The minimum absolute atomic E-state index is 0.0103. The van der Waals surface area contributed by atoms with Crippen molar-refractivity contribution >= 4 is 12.2 Å². The molecule has 0 spiro atoms. The van der Waals surface area contributed by atoms with Gasteiger partial charge in [0.05, 0.1) is 0 Å². The lowest BCUT2D eigenvalue weighted by Gasteiger charge is -2.07. The van der Waals surface area contributed by atoms with Gasteiger partial charge < -0.3 is 10.2 Å². The lowest BCUT2D eigenvalue weighted by molar-refractivity contribution is 0.437. The van der Waals surface area contributed by atoms with Crippen LogP contribution in [0.1, 0.15) is 30.0 Å². The molecule has 0 aromatic heterocycles. The highest BCUT2D eigenvalue weighted by atomic mass is 19.1. The van der Waals surface area contributed by atoms with E-state index in [4.69, 9.17) is 0 Å². The summed E-state index contributed by atoms with van der Waals surface area (Å²) < 4.78 is 26.3. The summed E-state index contributed by atoms with van der Waals surface area (Å²) in [4.78, 5) is 0. The number of hydrogen-bond acceptors (Lipinski definition) is 2. The fraction of sp³-hybridized carbons (Fsp3) is 0.176. The van der Waals surface area contributed by atoms with Gasteiger partial charge >= 0.3 is 0 Å². The van der Waals surface area contributed by atoms with Crippen LogP contribution < -0.4 is 0 Å². The van der Waals surface area contributed by atoms with E-state index in [1.807, 2.05) is 6.92 Å². The van der Waals surface area contributed by atoms with Gasteiger partial charge in [-0.1, -0.05) is 25.5 Å². The Morgan fingerprint density at radius 2 is 1.67 bits per heavy atom. The van der Waals surface area contributed by atoms with Crippen LogP contribution in [-0.2, 0) is 6.42 Å². The number of phenolic OH excluding ortho intramolecular Hbond substituents is 2. The topological polar surface area (TPSA) is 40.5 Å². The first-order chi connectivity index (χ1) is 10.0. The van der Waals surface area contributed by atoms with E-state index in [0.29, 0.717) is 17.5 Å². The molecule has 21 heavy (non-hydrogen) atoms. The SMILES string of the molecule is CCCc1c(O)cc(/C=C\c2ccc(F)cc2F)cc1O. The molecule has 0 aliphatic heterocycles.